The van der Waals surface area contributed by atoms with Crippen LogP contribution in [0.15, 0.2) is 63.5 Å². The van der Waals surface area contributed by atoms with Gasteiger partial charge in [-0.05, 0) is 41.9 Å². The van der Waals surface area contributed by atoms with E-state index in [4.69, 9.17) is 4.42 Å². The van der Waals surface area contributed by atoms with E-state index in [1.54, 1.807) is 12.1 Å². The molecule has 4 aromatic rings. The zero-order valence-electron chi connectivity index (χ0n) is 13.3. The van der Waals surface area contributed by atoms with Crippen LogP contribution in [0.5, 0.6) is 0 Å². The lowest BCUT2D eigenvalue weighted by atomic mass is 10.1. The van der Waals surface area contributed by atoms with Crippen molar-refractivity contribution in [2.24, 2.45) is 0 Å². The van der Waals surface area contributed by atoms with Gasteiger partial charge < -0.3 is 4.42 Å². The van der Waals surface area contributed by atoms with Crippen molar-refractivity contribution in [1.29, 1.82) is 0 Å². The Labute approximate surface area is 147 Å². The van der Waals surface area contributed by atoms with Gasteiger partial charge in [0.1, 0.15) is 17.2 Å². The van der Waals surface area contributed by atoms with E-state index in [1.807, 2.05) is 25.1 Å². The number of nitrogens with zero attached hydrogens (tertiary/aromatic N) is 4. The van der Waals surface area contributed by atoms with Crippen molar-refractivity contribution in [3.05, 3.63) is 71.6 Å². The van der Waals surface area contributed by atoms with E-state index in [9.17, 15) is 4.39 Å². The molecule has 0 aliphatic carbocycles. The highest BCUT2D eigenvalue weighted by atomic mass is 32.2. The molecule has 0 fully saturated rings. The minimum absolute atomic E-state index is 0.267. The van der Waals surface area contributed by atoms with E-state index in [-0.39, 0.29) is 5.82 Å². The molecule has 0 N–H and O–H groups in total. The molecular weight excluding hydrogens is 339 g/mol. The third-order valence-electron chi connectivity index (χ3n) is 3.73. The topological polar surface area (TPSA) is 64.7 Å². The summed E-state index contributed by atoms with van der Waals surface area (Å²) in [4.78, 5) is 8.66. The van der Waals surface area contributed by atoms with Crippen LogP contribution in [0, 0.1) is 12.7 Å². The predicted octanol–water partition coefficient (Wildman–Crippen LogP) is 4.20. The zero-order valence-corrected chi connectivity index (χ0v) is 14.1. The highest BCUT2D eigenvalue weighted by Crippen LogP contribution is 2.31. The molecule has 0 aliphatic rings. The molecular formula is C18H13FN4OS. The summed E-state index contributed by atoms with van der Waals surface area (Å²) >= 11 is 1.31. The van der Waals surface area contributed by atoms with Gasteiger partial charge in [-0.1, -0.05) is 30.3 Å². The van der Waals surface area contributed by atoms with Crippen LogP contribution >= 0.6 is 11.8 Å². The first-order chi connectivity index (χ1) is 12.2. The number of benzene rings is 2. The lowest BCUT2D eigenvalue weighted by Gasteiger charge is -2.03. The van der Waals surface area contributed by atoms with Crippen molar-refractivity contribution in [3.63, 3.8) is 0 Å². The molecule has 7 heteroatoms. The van der Waals surface area contributed by atoms with Gasteiger partial charge in [-0.2, -0.15) is 0 Å². The Morgan fingerprint density at radius 1 is 1.04 bits per heavy atom. The van der Waals surface area contributed by atoms with Gasteiger partial charge in [0.2, 0.25) is 5.89 Å². The van der Waals surface area contributed by atoms with Crippen molar-refractivity contribution >= 4 is 22.7 Å². The summed E-state index contributed by atoms with van der Waals surface area (Å²) in [5.41, 5.74) is 2.90. The summed E-state index contributed by atoms with van der Waals surface area (Å²) in [5.74, 6) is 0.208. The third kappa shape index (κ3) is 3.36. The second-order valence-corrected chi connectivity index (χ2v) is 6.46. The van der Waals surface area contributed by atoms with Gasteiger partial charge in [0.15, 0.2) is 0 Å². The van der Waals surface area contributed by atoms with Crippen molar-refractivity contribution in [3.8, 4) is 0 Å². The summed E-state index contributed by atoms with van der Waals surface area (Å²) in [6, 6.07) is 12.2. The fourth-order valence-electron chi connectivity index (χ4n) is 2.50. The van der Waals surface area contributed by atoms with Crippen LogP contribution in [0.25, 0.3) is 10.9 Å². The maximum absolute atomic E-state index is 13.0. The normalized spacial score (nSPS) is 11.1. The number of rotatable bonds is 4. The number of para-hydroxylation sites is 1. The first kappa shape index (κ1) is 15.7. The molecule has 2 heterocycles. The van der Waals surface area contributed by atoms with Gasteiger partial charge in [0, 0.05) is 5.39 Å². The van der Waals surface area contributed by atoms with E-state index in [2.05, 4.69) is 20.2 Å². The van der Waals surface area contributed by atoms with Crippen LogP contribution in [0.4, 0.5) is 4.39 Å². The van der Waals surface area contributed by atoms with E-state index in [0.717, 1.165) is 27.1 Å². The van der Waals surface area contributed by atoms with E-state index < -0.39 is 0 Å². The Balaban J connectivity index is 1.57. The molecule has 0 saturated carbocycles. The third-order valence-corrected chi connectivity index (χ3v) is 4.59. The molecule has 0 spiro atoms. The number of aryl methyl sites for hydroxylation is 1. The average molecular weight is 352 g/mol. The van der Waals surface area contributed by atoms with Gasteiger partial charge >= 0.3 is 0 Å². The lowest BCUT2D eigenvalue weighted by molar-refractivity contribution is 0.420. The molecule has 2 aromatic heterocycles. The second kappa shape index (κ2) is 6.60. The van der Waals surface area contributed by atoms with Crippen LogP contribution in [0.1, 0.15) is 17.0 Å². The lowest BCUT2D eigenvalue weighted by Crippen LogP contribution is -1.89. The average Bonchev–Trinajstić information content (AvgIpc) is 3.05. The summed E-state index contributed by atoms with van der Waals surface area (Å²) in [6.45, 7) is 2.01. The molecule has 25 heavy (non-hydrogen) atoms. The summed E-state index contributed by atoms with van der Waals surface area (Å²) < 4.78 is 18.6. The first-order valence-electron chi connectivity index (χ1n) is 7.64. The molecule has 0 aliphatic heterocycles. The smallest absolute Gasteiger partial charge is 0.282 e. The minimum atomic E-state index is -0.267. The Kier molecular flexibility index (Phi) is 4.15. The Morgan fingerprint density at radius 2 is 1.88 bits per heavy atom. The molecule has 4 rings (SSSR count). The fraction of sp³-hybridized carbons (Fsp3) is 0.111. The number of halogens is 1. The van der Waals surface area contributed by atoms with Gasteiger partial charge in [-0.25, -0.2) is 14.4 Å². The molecule has 0 radical (unpaired) electrons. The Hall–Kier alpha value is -2.80. The summed E-state index contributed by atoms with van der Waals surface area (Å²) in [5, 5.41) is 10.3. The monoisotopic (exact) mass is 352 g/mol. The van der Waals surface area contributed by atoms with Crippen molar-refractivity contribution in [2.45, 2.75) is 23.6 Å². The number of fused-ring (bicyclic) bond motifs is 1. The predicted molar refractivity (Wildman–Crippen MR) is 91.9 cm³/mol. The largest absolute Gasteiger partial charge is 0.415 e. The fourth-order valence-corrected chi connectivity index (χ4v) is 3.26. The quantitative estimate of drug-likeness (QED) is 0.513. The van der Waals surface area contributed by atoms with Crippen LogP contribution in [-0.4, -0.2) is 20.2 Å². The summed E-state index contributed by atoms with van der Waals surface area (Å²) in [7, 11) is 0. The molecule has 5 nitrogen and oxygen atoms in total. The SMILES string of the molecule is Cc1cccc2c(Sc3nnc(Cc4ccc(F)cc4)o3)ncnc12. The second-order valence-electron chi connectivity index (χ2n) is 5.52. The Bertz CT molecular complexity index is 1030. The highest BCUT2D eigenvalue weighted by Gasteiger charge is 2.13. The maximum atomic E-state index is 13.0. The number of hydrogen-bond donors (Lipinski definition) is 0. The van der Waals surface area contributed by atoms with E-state index in [1.165, 1.54) is 30.2 Å². The van der Waals surface area contributed by atoms with Crippen molar-refractivity contribution in [2.75, 3.05) is 0 Å². The van der Waals surface area contributed by atoms with Crippen LogP contribution in [0.3, 0.4) is 0 Å². The Morgan fingerprint density at radius 3 is 2.72 bits per heavy atom. The molecule has 0 saturated heterocycles. The minimum Gasteiger partial charge on any atom is -0.415 e. The van der Waals surface area contributed by atoms with Gasteiger partial charge in [0.25, 0.3) is 5.22 Å². The van der Waals surface area contributed by atoms with Gasteiger partial charge in [-0.15, -0.1) is 10.2 Å². The van der Waals surface area contributed by atoms with Gasteiger partial charge in [0.05, 0.1) is 11.9 Å². The molecule has 0 unspecified atom stereocenters. The van der Waals surface area contributed by atoms with Gasteiger partial charge in [-0.3, -0.25) is 0 Å². The first-order valence-corrected chi connectivity index (χ1v) is 8.46. The number of hydrogen-bond acceptors (Lipinski definition) is 6. The summed E-state index contributed by atoms with van der Waals surface area (Å²) in [6.07, 6.45) is 1.99. The molecule has 0 bridgehead atoms. The standard InChI is InChI=1S/C18H13FN4OS/c1-11-3-2-4-14-16(11)20-10-21-17(14)25-18-23-22-15(24-18)9-12-5-7-13(19)8-6-12/h2-8,10H,9H2,1H3. The van der Waals surface area contributed by atoms with Crippen LogP contribution in [0.2, 0.25) is 0 Å². The van der Waals surface area contributed by atoms with Crippen LogP contribution < -0.4 is 0 Å². The van der Waals surface area contributed by atoms with Crippen molar-refractivity contribution in [1.82, 2.24) is 20.2 Å². The van der Waals surface area contributed by atoms with Crippen molar-refractivity contribution < 1.29 is 8.81 Å². The number of aromatic nitrogens is 4. The zero-order chi connectivity index (χ0) is 17.2. The molecule has 124 valence electrons. The highest BCUT2D eigenvalue weighted by molar-refractivity contribution is 7.99. The molecule has 0 atom stereocenters. The molecule has 0 amide bonds. The molecule has 2 aromatic carbocycles. The maximum Gasteiger partial charge on any atom is 0.282 e. The van der Waals surface area contributed by atoms with E-state index in [0.29, 0.717) is 17.5 Å². The van der Waals surface area contributed by atoms with Crippen LogP contribution in [-0.2, 0) is 6.42 Å². The van der Waals surface area contributed by atoms with E-state index >= 15 is 0 Å².